The third-order valence-electron chi connectivity index (χ3n) is 2.65. The maximum Gasteiger partial charge on any atom is 0.144 e. The molecule has 1 aromatic heterocycles. The van der Waals surface area contributed by atoms with Crippen molar-refractivity contribution in [2.75, 3.05) is 13.1 Å². The molecule has 1 saturated heterocycles. The first-order chi connectivity index (χ1) is 6.77. The van der Waals surface area contributed by atoms with Crippen molar-refractivity contribution in [3.8, 4) is 0 Å². The van der Waals surface area contributed by atoms with Crippen LogP contribution >= 0.6 is 0 Å². The Balaban J connectivity index is 1.97. The molecule has 14 heavy (non-hydrogen) atoms. The number of Topliss-reactive ketones (excluding diaryl/α,β-unsaturated/α-hetero) is 1. The van der Waals surface area contributed by atoms with Crippen molar-refractivity contribution >= 4 is 5.78 Å². The van der Waals surface area contributed by atoms with Gasteiger partial charge in [-0.05, 0) is 13.0 Å². The zero-order valence-corrected chi connectivity index (χ0v) is 8.23. The molecule has 0 aliphatic carbocycles. The first-order valence-corrected chi connectivity index (χ1v) is 4.83. The summed E-state index contributed by atoms with van der Waals surface area (Å²) >= 11 is 0. The van der Waals surface area contributed by atoms with Crippen LogP contribution < -0.4 is 5.32 Å². The molecule has 2 heterocycles. The van der Waals surface area contributed by atoms with Crippen LogP contribution in [0.15, 0.2) is 6.33 Å². The van der Waals surface area contributed by atoms with E-state index in [0.29, 0.717) is 6.42 Å². The minimum absolute atomic E-state index is 0.173. The van der Waals surface area contributed by atoms with Crippen molar-refractivity contribution in [1.29, 1.82) is 0 Å². The average Bonchev–Trinajstić information content (AvgIpc) is 2.77. The van der Waals surface area contributed by atoms with Gasteiger partial charge in [-0.25, -0.2) is 4.98 Å². The van der Waals surface area contributed by atoms with E-state index in [2.05, 4.69) is 15.4 Å². The highest BCUT2D eigenvalue weighted by atomic mass is 16.1. The number of hydrogen-bond donors (Lipinski definition) is 1. The Bertz CT molecular complexity index is 327. The highest BCUT2D eigenvalue weighted by molar-refractivity contribution is 5.83. The summed E-state index contributed by atoms with van der Waals surface area (Å²) in [6.45, 7) is 1.77. The lowest BCUT2D eigenvalue weighted by molar-refractivity contribution is -0.121. The monoisotopic (exact) mass is 194 g/mol. The Morgan fingerprint density at radius 2 is 2.64 bits per heavy atom. The fraction of sp³-hybridized carbons (Fsp3) is 0.667. The maximum absolute atomic E-state index is 11.7. The largest absolute Gasteiger partial charge is 0.316 e. The molecule has 1 atom stereocenters. The summed E-state index contributed by atoms with van der Waals surface area (Å²) in [7, 11) is 1.81. The summed E-state index contributed by atoms with van der Waals surface area (Å²) in [6.07, 6.45) is 2.84. The number of aryl methyl sites for hydroxylation is 1. The number of rotatable bonds is 3. The molecule has 0 radical (unpaired) electrons. The maximum atomic E-state index is 11.7. The Morgan fingerprint density at radius 1 is 1.79 bits per heavy atom. The molecule has 0 aromatic carbocycles. The third-order valence-corrected chi connectivity index (χ3v) is 2.65. The fourth-order valence-electron chi connectivity index (χ4n) is 1.71. The summed E-state index contributed by atoms with van der Waals surface area (Å²) in [5, 5.41) is 7.12. The summed E-state index contributed by atoms with van der Waals surface area (Å²) in [5.74, 6) is 1.19. The predicted molar refractivity (Wildman–Crippen MR) is 50.7 cm³/mol. The molecule has 1 N–H and O–H groups in total. The van der Waals surface area contributed by atoms with Gasteiger partial charge < -0.3 is 5.32 Å². The van der Waals surface area contributed by atoms with Gasteiger partial charge in [0.05, 0.1) is 6.42 Å². The van der Waals surface area contributed by atoms with Gasteiger partial charge >= 0.3 is 0 Å². The molecule has 1 unspecified atom stereocenters. The lowest BCUT2D eigenvalue weighted by atomic mass is 10.0. The minimum Gasteiger partial charge on any atom is -0.316 e. The smallest absolute Gasteiger partial charge is 0.144 e. The quantitative estimate of drug-likeness (QED) is 0.707. The molecular weight excluding hydrogens is 180 g/mol. The van der Waals surface area contributed by atoms with Gasteiger partial charge in [-0.3, -0.25) is 9.48 Å². The second-order valence-corrected chi connectivity index (χ2v) is 3.63. The predicted octanol–water partition coefficient (Wildman–Crippen LogP) is -0.464. The Hall–Kier alpha value is -1.23. The van der Waals surface area contributed by atoms with Gasteiger partial charge in [0.1, 0.15) is 17.9 Å². The zero-order valence-electron chi connectivity index (χ0n) is 8.23. The second-order valence-electron chi connectivity index (χ2n) is 3.63. The molecular formula is C9H14N4O. The van der Waals surface area contributed by atoms with Crippen LogP contribution in [0.2, 0.25) is 0 Å². The Kier molecular flexibility index (Phi) is 2.58. The lowest BCUT2D eigenvalue weighted by Gasteiger charge is -2.05. The molecule has 76 valence electrons. The van der Waals surface area contributed by atoms with Gasteiger partial charge in [-0.15, -0.1) is 0 Å². The van der Waals surface area contributed by atoms with Crippen molar-refractivity contribution in [1.82, 2.24) is 20.1 Å². The number of nitrogens with zero attached hydrogens (tertiary/aromatic N) is 3. The molecule has 5 heteroatoms. The average molecular weight is 194 g/mol. The van der Waals surface area contributed by atoms with Crippen LogP contribution in [0.5, 0.6) is 0 Å². The molecule has 2 rings (SSSR count). The summed E-state index contributed by atoms with van der Waals surface area (Å²) in [4.78, 5) is 15.8. The molecule has 0 amide bonds. The van der Waals surface area contributed by atoms with Gasteiger partial charge in [-0.1, -0.05) is 0 Å². The first-order valence-electron chi connectivity index (χ1n) is 4.83. The van der Waals surface area contributed by atoms with Crippen molar-refractivity contribution < 1.29 is 4.79 Å². The van der Waals surface area contributed by atoms with Crippen LogP contribution in [0.1, 0.15) is 12.2 Å². The first kappa shape index (κ1) is 9.33. The van der Waals surface area contributed by atoms with Crippen LogP contribution in [-0.2, 0) is 18.3 Å². The molecule has 1 aliphatic rings. The minimum atomic E-state index is 0.173. The second kappa shape index (κ2) is 3.88. The van der Waals surface area contributed by atoms with Crippen molar-refractivity contribution in [2.24, 2.45) is 13.0 Å². The van der Waals surface area contributed by atoms with E-state index in [0.717, 1.165) is 25.3 Å². The fourth-order valence-corrected chi connectivity index (χ4v) is 1.71. The standard InChI is InChI=1S/C9H14N4O/c1-13-9(11-6-12-13)4-8(14)7-2-3-10-5-7/h6-7,10H,2-5H2,1H3. The van der Waals surface area contributed by atoms with Crippen LogP contribution in [-0.4, -0.2) is 33.6 Å². The van der Waals surface area contributed by atoms with E-state index in [4.69, 9.17) is 0 Å². The van der Waals surface area contributed by atoms with Crippen LogP contribution in [0.3, 0.4) is 0 Å². The third kappa shape index (κ3) is 1.82. The van der Waals surface area contributed by atoms with E-state index in [-0.39, 0.29) is 11.7 Å². The molecule has 1 aliphatic heterocycles. The topological polar surface area (TPSA) is 59.8 Å². The molecule has 1 aromatic rings. The van der Waals surface area contributed by atoms with Gasteiger partial charge in [0.2, 0.25) is 0 Å². The number of carbonyl (C=O) groups excluding carboxylic acids is 1. The molecule has 1 fully saturated rings. The van der Waals surface area contributed by atoms with Crippen LogP contribution in [0, 0.1) is 5.92 Å². The number of ketones is 1. The number of carbonyl (C=O) groups is 1. The number of hydrogen-bond acceptors (Lipinski definition) is 4. The highest BCUT2D eigenvalue weighted by Crippen LogP contribution is 2.11. The number of aromatic nitrogens is 3. The summed E-state index contributed by atoms with van der Waals surface area (Å²) in [5.41, 5.74) is 0. The van der Waals surface area contributed by atoms with Crippen molar-refractivity contribution in [3.05, 3.63) is 12.2 Å². The van der Waals surface area contributed by atoms with Gasteiger partial charge in [0, 0.05) is 19.5 Å². The SMILES string of the molecule is Cn1ncnc1CC(=O)C1CCNC1. The molecule has 0 spiro atoms. The van der Waals surface area contributed by atoms with E-state index in [1.807, 2.05) is 7.05 Å². The van der Waals surface area contributed by atoms with Gasteiger partial charge in [0.25, 0.3) is 0 Å². The van der Waals surface area contributed by atoms with Crippen molar-refractivity contribution in [3.63, 3.8) is 0 Å². The summed E-state index contributed by atoms with van der Waals surface area (Å²) < 4.78 is 1.65. The summed E-state index contributed by atoms with van der Waals surface area (Å²) in [6, 6.07) is 0. The van der Waals surface area contributed by atoms with E-state index < -0.39 is 0 Å². The lowest BCUT2D eigenvalue weighted by Crippen LogP contribution is -2.21. The van der Waals surface area contributed by atoms with Gasteiger partial charge in [0.15, 0.2) is 0 Å². The Labute approximate surface area is 82.5 Å². The van der Waals surface area contributed by atoms with Crippen molar-refractivity contribution in [2.45, 2.75) is 12.8 Å². The Morgan fingerprint density at radius 3 is 3.21 bits per heavy atom. The molecule has 0 saturated carbocycles. The zero-order chi connectivity index (χ0) is 9.97. The van der Waals surface area contributed by atoms with E-state index in [1.54, 1.807) is 4.68 Å². The van der Waals surface area contributed by atoms with Gasteiger partial charge in [-0.2, -0.15) is 5.10 Å². The van der Waals surface area contributed by atoms with Crippen LogP contribution in [0.4, 0.5) is 0 Å². The van der Waals surface area contributed by atoms with E-state index >= 15 is 0 Å². The normalized spacial score (nSPS) is 21.4. The molecule has 0 bridgehead atoms. The van der Waals surface area contributed by atoms with E-state index in [1.165, 1.54) is 6.33 Å². The number of nitrogens with one attached hydrogen (secondary N) is 1. The van der Waals surface area contributed by atoms with E-state index in [9.17, 15) is 4.79 Å². The van der Waals surface area contributed by atoms with Crippen LogP contribution in [0.25, 0.3) is 0 Å². The highest BCUT2D eigenvalue weighted by Gasteiger charge is 2.23. The molecule has 5 nitrogen and oxygen atoms in total.